The Kier molecular flexibility index (Phi) is 4.76. The smallest absolute Gasteiger partial charge is 0.288 e. The molecular formula is C18H13FN8O2. The van der Waals surface area contributed by atoms with E-state index in [4.69, 9.17) is 0 Å². The van der Waals surface area contributed by atoms with E-state index in [0.717, 1.165) is 0 Å². The highest BCUT2D eigenvalue weighted by Gasteiger charge is 2.15. The van der Waals surface area contributed by atoms with Crippen LogP contribution in [0.2, 0.25) is 0 Å². The van der Waals surface area contributed by atoms with Gasteiger partial charge in [0, 0.05) is 11.3 Å². The summed E-state index contributed by atoms with van der Waals surface area (Å²) in [6.45, 7) is 0. The normalized spacial score (nSPS) is 10.5. The van der Waals surface area contributed by atoms with Gasteiger partial charge in [-0.25, -0.2) is 14.1 Å². The predicted octanol–water partition coefficient (Wildman–Crippen LogP) is 1.06. The lowest BCUT2D eigenvalue weighted by Crippen LogP contribution is -2.42. The third-order valence-corrected chi connectivity index (χ3v) is 3.99. The van der Waals surface area contributed by atoms with Crippen molar-refractivity contribution in [2.75, 3.05) is 0 Å². The van der Waals surface area contributed by atoms with Crippen LogP contribution < -0.4 is 10.9 Å². The highest BCUT2D eigenvalue weighted by molar-refractivity contribution is 5.98. The van der Waals surface area contributed by atoms with Crippen LogP contribution in [0.1, 0.15) is 20.8 Å². The second-order valence-electron chi connectivity index (χ2n) is 5.84. The quantitative estimate of drug-likeness (QED) is 0.501. The van der Waals surface area contributed by atoms with Crippen molar-refractivity contribution in [3.63, 3.8) is 0 Å². The summed E-state index contributed by atoms with van der Waals surface area (Å²) in [5, 5.41) is 10.8. The summed E-state index contributed by atoms with van der Waals surface area (Å²) >= 11 is 0. The van der Waals surface area contributed by atoms with Gasteiger partial charge in [0.2, 0.25) is 0 Å². The lowest BCUT2D eigenvalue weighted by Gasteiger charge is -2.10. The summed E-state index contributed by atoms with van der Waals surface area (Å²) in [5.41, 5.74) is 6.29. The van der Waals surface area contributed by atoms with E-state index in [2.05, 4.69) is 31.4 Å². The van der Waals surface area contributed by atoms with Crippen LogP contribution in [0.15, 0.2) is 67.4 Å². The lowest BCUT2D eigenvalue weighted by molar-refractivity contribution is 0.0843. The maximum absolute atomic E-state index is 13.1. The Bertz CT molecular complexity index is 1150. The van der Waals surface area contributed by atoms with E-state index >= 15 is 0 Å². The highest BCUT2D eigenvalue weighted by Crippen LogP contribution is 2.12. The van der Waals surface area contributed by atoms with Gasteiger partial charge in [0.25, 0.3) is 11.8 Å². The molecule has 0 unspecified atom stereocenters. The van der Waals surface area contributed by atoms with Crippen molar-refractivity contribution in [2.45, 2.75) is 0 Å². The molecule has 0 aliphatic heterocycles. The summed E-state index contributed by atoms with van der Waals surface area (Å²) in [5.74, 6) is -1.51. The van der Waals surface area contributed by atoms with E-state index < -0.39 is 17.6 Å². The molecule has 2 aromatic heterocycles. The molecule has 2 N–H and O–H groups in total. The molecule has 10 nitrogen and oxygen atoms in total. The number of tetrazole rings is 1. The molecule has 11 heteroatoms. The molecule has 4 rings (SSSR count). The monoisotopic (exact) mass is 392 g/mol. The number of carbonyl (C=O) groups is 2. The van der Waals surface area contributed by atoms with Crippen LogP contribution in [0, 0.1) is 5.82 Å². The Balaban J connectivity index is 1.46. The molecule has 0 aliphatic carbocycles. The van der Waals surface area contributed by atoms with Crippen LogP contribution in [0.25, 0.3) is 11.4 Å². The molecule has 0 aliphatic rings. The maximum atomic E-state index is 13.1. The molecule has 2 amide bonds. The topological polar surface area (TPSA) is 120 Å². The Hall–Kier alpha value is -4.41. The number of hydrogen-bond donors (Lipinski definition) is 2. The van der Waals surface area contributed by atoms with E-state index in [1.807, 2.05) is 0 Å². The minimum absolute atomic E-state index is 0.166. The predicted molar refractivity (Wildman–Crippen MR) is 97.6 cm³/mol. The standard InChI is InChI=1S/C18H13FN8O2/c19-13-4-6-14(7-5-13)26-10-20-9-16(26)18(29)23-22-17(28)12-2-1-3-15(8-12)27-11-21-24-25-27/h1-11H,(H,22,28)(H,23,29). The first-order valence-corrected chi connectivity index (χ1v) is 8.34. The minimum Gasteiger partial charge on any atom is -0.295 e. The fourth-order valence-corrected chi connectivity index (χ4v) is 2.59. The van der Waals surface area contributed by atoms with Crippen molar-refractivity contribution in [3.05, 3.63) is 84.5 Å². The number of hydrazine groups is 1. The van der Waals surface area contributed by atoms with Crippen LogP contribution >= 0.6 is 0 Å². The molecule has 0 atom stereocenters. The molecule has 0 bridgehead atoms. The van der Waals surface area contributed by atoms with E-state index in [9.17, 15) is 14.0 Å². The van der Waals surface area contributed by atoms with Crippen molar-refractivity contribution < 1.29 is 14.0 Å². The summed E-state index contributed by atoms with van der Waals surface area (Å²) in [6.07, 6.45) is 4.15. The van der Waals surface area contributed by atoms with E-state index in [0.29, 0.717) is 16.9 Å². The Labute approximate surface area is 163 Å². The van der Waals surface area contributed by atoms with Gasteiger partial charge in [0.15, 0.2) is 0 Å². The number of amides is 2. The van der Waals surface area contributed by atoms with E-state index in [1.165, 1.54) is 52.4 Å². The average Bonchev–Trinajstić information content (AvgIpc) is 3.44. The molecule has 0 saturated heterocycles. The average molecular weight is 392 g/mol. The van der Waals surface area contributed by atoms with Crippen molar-refractivity contribution in [2.24, 2.45) is 0 Å². The largest absolute Gasteiger partial charge is 0.295 e. The van der Waals surface area contributed by atoms with Gasteiger partial charge in [0.1, 0.15) is 17.8 Å². The van der Waals surface area contributed by atoms with Crippen molar-refractivity contribution >= 4 is 11.8 Å². The fourth-order valence-electron chi connectivity index (χ4n) is 2.59. The second kappa shape index (κ2) is 7.68. The third-order valence-electron chi connectivity index (χ3n) is 3.99. The first kappa shape index (κ1) is 18.0. The minimum atomic E-state index is -0.586. The van der Waals surface area contributed by atoms with Gasteiger partial charge in [-0.15, -0.1) is 5.10 Å². The zero-order chi connectivity index (χ0) is 20.2. The number of hydrogen-bond acceptors (Lipinski definition) is 6. The number of nitrogens with one attached hydrogen (secondary N) is 2. The van der Waals surface area contributed by atoms with Gasteiger partial charge in [-0.05, 0) is 52.9 Å². The van der Waals surface area contributed by atoms with E-state index in [1.54, 1.807) is 24.3 Å². The first-order valence-electron chi connectivity index (χ1n) is 8.34. The Morgan fingerprint density at radius 2 is 1.72 bits per heavy atom. The maximum Gasteiger partial charge on any atom is 0.288 e. The number of imidazole rings is 1. The van der Waals surface area contributed by atoms with Crippen molar-refractivity contribution in [1.82, 2.24) is 40.6 Å². The second-order valence-corrected chi connectivity index (χ2v) is 5.84. The number of aromatic nitrogens is 6. The fraction of sp³-hybridized carbons (Fsp3) is 0. The number of halogens is 1. The first-order chi connectivity index (χ1) is 14.1. The van der Waals surface area contributed by atoms with Crippen LogP contribution in [0.5, 0.6) is 0 Å². The summed E-state index contributed by atoms with van der Waals surface area (Å²) in [6, 6.07) is 12.1. The Morgan fingerprint density at radius 1 is 0.931 bits per heavy atom. The zero-order valence-corrected chi connectivity index (χ0v) is 14.7. The van der Waals surface area contributed by atoms with Crippen molar-refractivity contribution in [1.29, 1.82) is 0 Å². The van der Waals surface area contributed by atoms with Gasteiger partial charge in [-0.3, -0.25) is 25.0 Å². The van der Waals surface area contributed by atoms with Crippen LogP contribution in [-0.2, 0) is 0 Å². The third kappa shape index (κ3) is 3.83. The van der Waals surface area contributed by atoms with Gasteiger partial charge in [-0.1, -0.05) is 6.07 Å². The number of benzene rings is 2. The highest BCUT2D eigenvalue weighted by atomic mass is 19.1. The van der Waals surface area contributed by atoms with Gasteiger partial charge in [-0.2, -0.15) is 0 Å². The lowest BCUT2D eigenvalue weighted by atomic mass is 10.2. The molecule has 0 saturated carbocycles. The SMILES string of the molecule is O=C(NNC(=O)c1cncn1-c1ccc(F)cc1)c1cccc(-n2cnnn2)c1. The van der Waals surface area contributed by atoms with E-state index in [-0.39, 0.29) is 5.69 Å². The van der Waals surface area contributed by atoms with Gasteiger partial charge >= 0.3 is 0 Å². The Morgan fingerprint density at radius 3 is 2.48 bits per heavy atom. The van der Waals surface area contributed by atoms with Crippen LogP contribution in [0.4, 0.5) is 4.39 Å². The van der Waals surface area contributed by atoms with Crippen molar-refractivity contribution in [3.8, 4) is 11.4 Å². The molecular weight excluding hydrogens is 379 g/mol. The van der Waals surface area contributed by atoms with Crippen LogP contribution in [0.3, 0.4) is 0 Å². The van der Waals surface area contributed by atoms with Crippen LogP contribution in [-0.4, -0.2) is 41.6 Å². The molecule has 0 radical (unpaired) electrons. The number of nitrogens with zero attached hydrogens (tertiary/aromatic N) is 6. The van der Waals surface area contributed by atoms with Gasteiger partial charge < -0.3 is 0 Å². The number of rotatable bonds is 4. The molecule has 0 fully saturated rings. The zero-order valence-electron chi connectivity index (χ0n) is 14.7. The summed E-state index contributed by atoms with van der Waals surface area (Å²) in [4.78, 5) is 28.8. The molecule has 0 spiro atoms. The number of carbonyl (C=O) groups excluding carboxylic acids is 2. The molecule has 144 valence electrons. The summed E-state index contributed by atoms with van der Waals surface area (Å²) in [7, 11) is 0. The molecule has 2 heterocycles. The molecule has 2 aromatic carbocycles. The summed E-state index contributed by atoms with van der Waals surface area (Å²) < 4.78 is 16.0. The molecule has 4 aromatic rings. The van der Waals surface area contributed by atoms with Gasteiger partial charge in [0.05, 0.1) is 18.2 Å². The molecule has 29 heavy (non-hydrogen) atoms.